The van der Waals surface area contributed by atoms with E-state index in [2.05, 4.69) is 10.1 Å². The molecule has 134 valence electrons. The van der Waals surface area contributed by atoms with Crippen LogP contribution in [0.15, 0.2) is 24.3 Å². The molecule has 1 N–H and O–H groups in total. The van der Waals surface area contributed by atoms with Crippen molar-refractivity contribution in [2.45, 2.75) is 30.9 Å². The van der Waals surface area contributed by atoms with E-state index in [0.717, 1.165) is 16.4 Å². The molecule has 1 aromatic carbocycles. The predicted octanol–water partition coefficient (Wildman–Crippen LogP) is 2.34. The maximum atomic E-state index is 12.4. The van der Waals surface area contributed by atoms with E-state index in [4.69, 9.17) is 0 Å². The summed E-state index contributed by atoms with van der Waals surface area (Å²) >= 11 is 0. The maximum Gasteiger partial charge on any atom is 0.573 e. The van der Waals surface area contributed by atoms with Crippen LogP contribution >= 0.6 is 0 Å². The number of hydrogen-bond acceptors (Lipinski definition) is 4. The molecule has 1 aromatic rings. The van der Waals surface area contributed by atoms with Crippen molar-refractivity contribution in [2.75, 3.05) is 18.9 Å². The first kappa shape index (κ1) is 18.5. The topological polar surface area (TPSA) is 75.7 Å². The number of amides is 1. The van der Waals surface area contributed by atoms with E-state index in [0.29, 0.717) is 13.0 Å². The fraction of sp³-hybridized carbons (Fsp3) is 0.500. The molecule has 0 aromatic heterocycles. The average Bonchev–Trinajstić information content (AvgIpc) is 2.45. The minimum absolute atomic E-state index is 0.167. The number of carbonyl (C=O) groups excluding carboxylic acids is 1. The third-order valence-corrected chi connectivity index (χ3v) is 6.46. The molecule has 0 aliphatic carbocycles. The van der Waals surface area contributed by atoms with Crippen molar-refractivity contribution < 1.29 is 31.1 Å². The zero-order valence-electron chi connectivity index (χ0n) is 13.1. The van der Waals surface area contributed by atoms with Gasteiger partial charge in [0.15, 0.2) is 4.75 Å². The van der Waals surface area contributed by atoms with Crippen LogP contribution in [0.25, 0.3) is 0 Å². The number of ether oxygens (including phenoxy) is 1. The first-order valence-electron chi connectivity index (χ1n) is 7.09. The summed E-state index contributed by atoms with van der Waals surface area (Å²) in [7, 11) is -2.40. The number of rotatable bonds is 3. The van der Waals surface area contributed by atoms with Crippen LogP contribution in [0.3, 0.4) is 0 Å². The summed E-state index contributed by atoms with van der Waals surface area (Å²) in [5, 5.41) is 2.44. The molecule has 24 heavy (non-hydrogen) atoms. The molecule has 1 fully saturated rings. The third kappa shape index (κ3) is 3.64. The Kier molecular flexibility index (Phi) is 4.82. The zero-order chi connectivity index (χ0) is 18.2. The van der Waals surface area contributed by atoms with E-state index in [1.165, 1.54) is 26.1 Å². The van der Waals surface area contributed by atoms with Crippen molar-refractivity contribution in [2.24, 2.45) is 0 Å². The summed E-state index contributed by atoms with van der Waals surface area (Å²) in [5.74, 6) is -1.16. The maximum absolute atomic E-state index is 12.4. The molecule has 1 aliphatic heterocycles. The highest BCUT2D eigenvalue weighted by molar-refractivity contribution is 7.91. The van der Waals surface area contributed by atoms with Gasteiger partial charge >= 0.3 is 6.36 Å². The Morgan fingerprint density at radius 1 is 1.29 bits per heavy atom. The van der Waals surface area contributed by atoms with Gasteiger partial charge in [0, 0.05) is 19.3 Å². The monoisotopic (exact) mass is 366 g/mol. The molecule has 0 unspecified atom stereocenters. The van der Waals surface area contributed by atoms with Crippen molar-refractivity contribution in [3.05, 3.63) is 24.3 Å². The van der Waals surface area contributed by atoms with Crippen LogP contribution in [-0.2, 0) is 14.8 Å². The smallest absolute Gasteiger partial charge is 0.406 e. The van der Waals surface area contributed by atoms with Crippen molar-refractivity contribution in [3.8, 4) is 5.75 Å². The number of halogens is 3. The Labute approximate surface area is 137 Å². The van der Waals surface area contributed by atoms with E-state index in [1.807, 2.05) is 0 Å². The number of nitrogens with one attached hydrogen (secondary N) is 1. The molecule has 1 saturated heterocycles. The number of benzene rings is 1. The Morgan fingerprint density at radius 3 is 2.42 bits per heavy atom. The SMILES string of the molecule is CN1CCC[C@](C)(C(=O)Nc2ccc(OC(F)(F)F)cc2)S1(=O)=O. The number of carbonyl (C=O) groups is 1. The normalized spacial score (nSPS) is 24.4. The quantitative estimate of drug-likeness (QED) is 0.891. The fourth-order valence-corrected chi connectivity index (χ4v) is 4.21. The number of nitrogens with zero attached hydrogens (tertiary/aromatic N) is 1. The van der Waals surface area contributed by atoms with Gasteiger partial charge in [-0.25, -0.2) is 12.7 Å². The molecule has 1 atom stereocenters. The van der Waals surface area contributed by atoms with Crippen LogP contribution in [0.5, 0.6) is 5.75 Å². The van der Waals surface area contributed by atoms with Gasteiger partial charge in [0.25, 0.3) is 0 Å². The van der Waals surface area contributed by atoms with Gasteiger partial charge in [0.05, 0.1) is 0 Å². The third-order valence-electron chi connectivity index (χ3n) is 3.93. The van der Waals surface area contributed by atoms with E-state index >= 15 is 0 Å². The van der Waals surface area contributed by atoms with Gasteiger partial charge in [-0.15, -0.1) is 13.2 Å². The van der Waals surface area contributed by atoms with Crippen molar-refractivity contribution >= 4 is 21.6 Å². The van der Waals surface area contributed by atoms with Crippen LogP contribution in [0.1, 0.15) is 19.8 Å². The molecule has 0 bridgehead atoms. The minimum Gasteiger partial charge on any atom is -0.406 e. The summed E-state index contributed by atoms with van der Waals surface area (Å²) in [6.45, 7) is 1.68. The van der Waals surface area contributed by atoms with Crippen LogP contribution < -0.4 is 10.1 Å². The lowest BCUT2D eigenvalue weighted by atomic mass is 10.0. The van der Waals surface area contributed by atoms with Crippen molar-refractivity contribution in [1.29, 1.82) is 0 Å². The Balaban J connectivity index is 2.14. The highest BCUT2D eigenvalue weighted by atomic mass is 32.2. The molecule has 1 aliphatic rings. The lowest BCUT2D eigenvalue weighted by molar-refractivity contribution is -0.274. The molecular weight excluding hydrogens is 349 g/mol. The van der Waals surface area contributed by atoms with E-state index in [9.17, 15) is 26.4 Å². The largest absolute Gasteiger partial charge is 0.573 e. The molecule has 0 radical (unpaired) electrons. The van der Waals surface area contributed by atoms with Gasteiger partial charge < -0.3 is 10.1 Å². The molecule has 1 heterocycles. The van der Waals surface area contributed by atoms with Crippen LogP contribution in [0.2, 0.25) is 0 Å². The second kappa shape index (κ2) is 6.25. The van der Waals surface area contributed by atoms with Gasteiger partial charge in [0.1, 0.15) is 5.75 Å². The Hall–Kier alpha value is -1.81. The number of anilines is 1. The first-order chi connectivity index (χ1) is 11.0. The molecule has 0 saturated carbocycles. The van der Waals surface area contributed by atoms with Crippen LogP contribution in [0, 0.1) is 0 Å². The van der Waals surface area contributed by atoms with E-state index in [1.54, 1.807) is 0 Å². The summed E-state index contributed by atoms with van der Waals surface area (Å²) in [6.07, 6.45) is -4.10. The molecule has 1 amide bonds. The summed E-state index contributed by atoms with van der Waals surface area (Å²) < 4.78 is 64.3. The van der Waals surface area contributed by atoms with Gasteiger partial charge in [-0.3, -0.25) is 4.79 Å². The van der Waals surface area contributed by atoms with Gasteiger partial charge in [-0.2, -0.15) is 0 Å². The lowest BCUT2D eigenvalue weighted by Gasteiger charge is -2.36. The first-order valence-corrected chi connectivity index (χ1v) is 8.53. The lowest BCUT2D eigenvalue weighted by Crippen LogP contribution is -2.56. The van der Waals surface area contributed by atoms with E-state index in [-0.39, 0.29) is 12.1 Å². The van der Waals surface area contributed by atoms with Gasteiger partial charge in [-0.1, -0.05) is 0 Å². The van der Waals surface area contributed by atoms with Crippen LogP contribution in [0.4, 0.5) is 18.9 Å². The van der Waals surface area contributed by atoms with Gasteiger partial charge in [-0.05, 0) is 44.0 Å². The number of sulfonamides is 1. The van der Waals surface area contributed by atoms with Crippen molar-refractivity contribution in [3.63, 3.8) is 0 Å². The highest BCUT2D eigenvalue weighted by Crippen LogP contribution is 2.32. The molecule has 6 nitrogen and oxygen atoms in total. The Bertz CT molecular complexity index is 719. The standard InChI is InChI=1S/C14H17F3N2O4S/c1-13(8-3-9-19(2)24(13,21)22)12(20)18-10-4-6-11(7-5-10)23-14(15,16)17/h4-7H,3,8-9H2,1-2H3,(H,18,20)/t13-/m1/s1. The molecular formula is C14H17F3N2O4S. The van der Waals surface area contributed by atoms with Gasteiger partial charge in [0.2, 0.25) is 15.9 Å². The average molecular weight is 366 g/mol. The minimum atomic E-state index is -4.81. The summed E-state index contributed by atoms with van der Waals surface area (Å²) in [4.78, 5) is 12.4. The number of alkyl halides is 3. The molecule has 0 spiro atoms. The molecule has 2 rings (SSSR count). The Morgan fingerprint density at radius 2 is 1.88 bits per heavy atom. The predicted molar refractivity (Wildman–Crippen MR) is 80.9 cm³/mol. The zero-order valence-corrected chi connectivity index (χ0v) is 13.9. The molecule has 10 heteroatoms. The fourth-order valence-electron chi connectivity index (χ4n) is 2.47. The summed E-state index contributed by atoms with van der Waals surface area (Å²) in [6, 6.07) is 4.49. The van der Waals surface area contributed by atoms with Crippen molar-refractivity contribution in [1.82, 2.24) is 4.31 Å². The highest BCUT2D eigenvalue weighted by Gasteiger charge is 2.50. The second-order valence-electron chi connectivity index (χ2n) is 5.69. The van der Waals surface area contributed by atoms with E-state index < -0.39 is 32.8 Å². The summed E-state index contributed by atoms with van der Waals surface area (Å²) in [5.41, 5.74) is 0.180. The second-order valence-corrected chi connectivity index (χ2v) is 8.16. The van der Waals surface area contributed by atoms with Crippen LogP contribution in [-0.4, -0.2) is 43.3 Å². The number of hydrogen-bond donors (Lipinski definition) is 1.